The Hall–Kier alpha value is -3.02. The summed E-state index contributed by atoms with van der Waals surface area (Å²) in [4.78, 5) is 19.3. The minimum absolute atomic E-state index is 0.0520. The molecule has 6 heteroatoms. The van der Waals surface area contributed by atoms with Gasteiger partial charge in [0.2, 0.25) is 5.82 Å². The zero-order valence-corrected chi connectivity index (χ0v) is 15.4. The van der Waals surface area contributed by atoms with E-state index in [0.717, 1.165) is 18.4 Å². The highest BCUT2D eigenvalue weighted by molar-refractivity contribution is 5.91. The number of carbonyl (C=O) groups is 1. The van der Waals surface area contributed by atoms with E-state index < -0.39 is 0 Å². The van der Waals surface area contributed by atoms with Gasteiger partial charge in [0.05, 0.1) is 11.7 Å². The summed E-state index contributed by atoms with van der Waals surface area (Å²) in [6.45, 7) is 4.53. The van der Waals surface area contributed by atoms with E-state index >= 15 is 0 Å². The van der Waals surface area contributed by atoms with E-state index in [1.165, 1.54) is 17.7 Å². The molecule has 0 aliphatic carbocycles. The molecule has 1 saturated heterocycles. The number of amides is 1. The standard InChI is InChI=1S/C21H21FN4O/c1-14-5-7-16(8-6-14)19-4-3-13-25(19)21(27)20-23-15(2)26(24-20)18-11-9-17(22)10-12-18/h5-12,19H,3-4,13H2,1-2H3/t19-/m0/s1. The number of halogens is 1. The van der Waals surface area contributed by atoms with Crippen LogP contribution in [0.2, 0.25) is 0 Å². The van der Waals surface area contributed by atoms with Crippen molar-refractivity contribution in [3.8, 4) is 5.69 Å². The number of aromatic nitrogens is 3. The van der Waals surface area contributed by atoms with Crippen molar-refractivity contribution in [2.45, 2.75) is 32.7 Å². The van der Waals surface area contributed by atoms with Crippen molar-refractivity contribution in [2.24, 2.45) is 0 Å². The molecular formula is C21H21FN4O. The number of rotatable bonds is 3. The summed E-state index contributed by atoms with van der Waals surface area (Å²) < 4.78 is 14.7. The van der Waals surface area contributed by atoms with Gasteiger partial charge in [-0.2, -0.15) is 0 Å². The van der Waals surface area contributed by atoms with Crippen molar-refractivity contribution in [3.05, 3.63) is 77.1 Å². The lowest BCUT2D eigenvalue weighted by Gasteiger charge is -2.24. The Bertz CT molecular complexity index is 963. The third-order valence-corrected chi connectivity index (χ3v) is 5.01. The van der Waals surface area contributed by atoms with Crippen LogP contribution >= 0.6 is 0 Å². The molecule has 1 amide bonds. The first kappa shape index (κ1) is 17.4. The normalized spacial score (nSPS) is 16.7. The summed E-state index contributed by atoms with van der Waals surface area (Å²) in [7, 11) is 0. The summed E-state index contributed by atoms with van der Waals surface area (Å²) in [5.41, 5.74) is 3.02. The predicted molar refractivity (Wildman–Crippen MR) is 100 cm³/mol. The van der Waals surface area contributed by atoms with Gasteiger partial charge in [0.15, 0.2) is 0 Å². The SMILES string of the molecule is Cc1ccc([C@@H]2CCCN2C(=O)c2nc(C)n(-c3ccc(F)cc3)n2)cc1. The van der Waals surface area contributed by atoms with Crippen LogP contribution in [0.5, 0.6) is 0 Å². The second-order valence-electron chi connectivity index (χ2n) is 6.94. The summed E-state index contributed by atoms with van der Waals surface area (Å²) in [5, 5.41) is 4.39. The summed E-state index contributed by atoms with van der Waals surface area (Å²) >= 11 is 0. The average molecular weight is 364 g/mol. The van der Waals surface area contributed by atoms with E-state index in [1.807, 2.05) is 4.90 Å². The lowest BCUT2D eigenvalue weighted by molar-refractivity contribution is 0.0723. The number of hydrogen-bond donors (Lipinski definition) is 0. The van der Waals surface area contributed by atoms with E-state index in [4.69, 9.17) is 0 Å². The Labute approximate surface area is 157 Å². The zero-order chi connectivity index (χ0) is 19.0. The van der Waals surface area contributed by atoms with Crippen LogP contribution in [0.3, 0.4) is 0 Å². The third-order valence-electron chi connectivity index (χ3n) is 5.01. The fourth-order valence-electron chi connectivity index (χ4n) is 3.58. The average Bonchev–Trinajstić information content (AvgIpc) is 3.30. The number of hydrogen-bond acceptors (Lipinski definition) is 3. The monoisotopic (exact) mass is 364 g/mol. The molecule has 5 nitrogen and oxygen atoms in total. The van der Waals surface area contributed by atoms with E-state index in [-0.39, 0.29) is 23.6 Å². The van der Waals surface area contributed by atoms with Crippen molar-refractivity contribution < 1.29 is 9.18 Å². The molecule has 1 fully saturated rings. The molecule has 1 atom stereocenters. The highest BCUT2D eigenvalue weighted by atomic mass is 19.1. The molecule has 0 radical (unpaired) electrons. The van der Waals surface area contributed by atoms with E-state index in [2.05, 4.69) is 41.3 Å². The minimum atomic E-state index is -0.314. The van der Waals surface area contributed by atoms with Crippen molar-refractivity contribution in [3.63, 3.8) is 0 Å². The van der Waals surface area contributed by atoms with Crippen LogP contribution in [0.25, 0.3) is 5.69 Å². The van der Waals surface area contributed by atoms with Gasteiger partial charge in [-0.15, -0.1) is 5.10 Å². The van der Waals surface area contributed by atoms with Gasteiger partial charge < -0.3 is 4.90 Å². The summed E-state index contributed by atoms with van der Waals surface area (Å²) in [6.07, 6.45) is 1.90. The van der Waals surface area contributed by atoms with Crippen molar-refractivity contribution in [1.29, 1.82) is 0 Å². The second kappa shape index (κ2) is 6.95. The first-order valence-electron chi connectivity index (χ1n) is 9.10. The zero-order valence-electron chi connectivity index (χ0n) is 15.4. The number of nitrogens with zero attached hydrogens (tertiary/aromatic N) is 4. The second-order valence-corrected chi connectivity index (χ2v) is 6.94. The molecule has 2 heterocycles. The van der Waals surface area contributed by atoms with Gasteiger partial charge in [-0.05, 0) is 56.5 Å². The molecule has 1 aliphatic rings. The molecule has 1 aromatic heterocycles. The largest absolute Gasteiger partial charge is 0.329 e. The van der Waals surface area contributed by atoms with Gasteiger partial charge >= 0.3 is 0 Å². The molecule has 0 unspecified atom stereocenters. The number of likely N-dealkylation sites (tertiary alicyclic amines) is 1. The number of benzene rings is 2. The number of carbonyl (C=O) groups excluding carboxylic acids is 1. The van der Waals surface area contributed by atoms with Crippen LogP contribution < -0.4 is 0 Å². The highest BCUT2D eigenvalue weighted by Gasteiger charge is 2.32. The van der Waals surface area contributed by atoms with Gasteiger partial charge in [-0.1, -0.05) is 29.8 Å². The van der Waals surface area contributed by atoms with Gasteiger partial charge in [0.25, 0.3) is 5.91 Å². The first-order valence-corrected chi connectivity index (χ1v) is 9.10. The maximum Gasteiger partial charge on any atom is 0.294 e. The van der Waals surface area contributed by atoms with Crippen LogP contribution in [0.4, 0.5) is 4.39 Å². The molecule has 1 aliphatic heterocycles. The van der Waals surface area contributed by atoms with Crippen LogP contribution in [0.15, 0.2) is 48.5 Å². The lowest BCUT2D eigenvalue weighted by atomic mass is 10.0. The van der Waals surface area contributed by atoms with Crippen molar-refractivity contribution >= 4 is 5.91 Å². The molecule has 0 spiro atoms. The maximum atomic E-state index is 13.2. The molecule has 0 N–H and O–H groups in total. The molecular weight excluding hydrogens is 343 g/mol. The topological polar surface area (TPSA) is 51.0 Å². The summed E-state index contributed by atoms with van der Waals surface area (Å²) in [6, 6.07) is 14.3. The Morgan fingerprint density at radius 2 is 1.78 bits per heavy atom. The Kier molecular flexibility index (Phi) is 4.48. The minimum Gasteiger partial charge on any atom is -0.329 e. The smallest absolute Gasteiger partial charge is 0.294 e. The molecule has 27 heavy (non-hydrogen) atoms. The van der Waals surface area contributed by atoms with Crippen LogP contribution in [-0.2, 0) is 0 Å². The Morgan fingerprint density at radius 3 is 2.48 bits per heavy atom. The first-order chi connectivity index (χ1) is 13.0. The fraction of sp³-hybridized carbons (Fsp3) is 0.286. The van der Waals surface area contributed by atoms with Gasteiger partial charge in [0, 0.05) is 6.54 Å². The van der Waals surface area contributed by atoms with Gasteiger partial charge in [-0.3, -0.25) is 4.79 Å². The van der Waals surface area contributed by atoms with Gasteiger partial charge in [0.1, 0.15) is 11.6 Å². The quantitative estimate of drug-likeness (QED) is 0.706. The number of aryl methyl sites for hydroxylation is 2. The fourth-order valence-corrected chi connectivity index (χ4v) is 3.58. The lowest BCUT2D eigenvalue weighted by Crippen LogP contribution is -2.31. The van der Waals surface area contributed by atoms with E-state index in [1.54, 1.807) is 23.7 Å². The predicted octanol–water partition coefficient (Wildman–Crippen LogP) is 4.00. The van der Waals surface area contributed by atoms with Gasteiger partial charge in [-0.25, -0.2) is 14.1 Å². The molecule has 2 aromatic carbocycles. The molecule has 138 valence electrons. The highest BCUT2D eigenvalue weighted by Crippen LogP contribution is 2.33. The third kappa shape index (κ3) is 3.35. The van der Waals surface area contributed by atoms with Crippen molar-refractivity contribution in [1.82, 2.24) is 19.7 Å². The molecule has 4 rings (SSSR count). The van der Waals surface area contributed by atoms with E-state index in [9.17, 15) is 9.18 Å². The molecule has 0 bridgehead atoms. The van der Waals surface area contributed by atoms with Crippen molar-refractivity contribution in [2.75, 3.05) is 6.54 Å². The van der Waals surface area contributed by atoms with Crippen LogP contribution in [0.1, 0.15) is 46.5 Å². The maximum absolute atomic E-state index is 13.2. The summed E-state index contributed by atoms with van der Waals surface area (Å²) in [5.74, 6) is 0.291. The van der Waals surface area contributed by atoms with Crippen LogP contribution in [-0.4, -0.2) is 32.1 Å². The van der Waals surface area contributed by atoms with Crippen LogP contribution in [0, 0.1) is 19.7 Å². The Morgan fingerprint density at radius 1 is 1.07 bits per heavy atom. The molecule has 3 aromatic rings. The van der Waals surface area contributed by atoms with E-state index in [0.29, 0.717) is 18.1 Å². The Balaban J connectivity index is 1.61. The molecule has 0 saturated carbocycles.